The molecule has 0 aliphatic carbocycles. The van der Waals surface area contributed by atoms with E-state index in [0.717, 1.165) is 0 Å². The molecule has 2 aromatic rings. The molecule has 1 atom stereocenters. The van der Waals surface area contributed by atoms with Crippen LogP contribution in [0.25, 0.3) is 0 Å². The molecule has 132 valence electrons. The summed E-state index contributed by atoms with van der Waals surface area (Å²) in [5.74, 6) is -0.890. The van der Waals surface area contributed by atoms with Crippen LogP contribution >= 0.6 is 0 Å². The lowest BCUT2D eigenvalue weighted by Crippen LogP contribution is -2.30. The van der Waals surface area contributed by atoms with Gasteiger partial charge in [-0.2, -0.15) is 0 Å². The maximum absolute atomic E-state index is 12.8. The highest BCUT2D eigenvalue weighted by Crippen LogP contribution is 2.17. The molecule has 0 aromatic heterocycles. The van der Waals surface area contributed by atoms with Gasteiger partial charge in [0.25, 0.3) is 5.91 Å². The molecule has 0 saturated heterocycles. The molecule has 25 heavy (non-hydrogen) atoms. The summed E-state index contributed by atoms with van der Waals surface area (Å²) in [6, 6.07) is 13.1. The van der Waals surface area contributed by atoms with Crippen molar-refractivity contribution in [3.05, 3.63) is 65.5 Å². The van der Waals surface area contributed by atoms with Crippen LogP contribution < -0.4 is 5.32 Å². The van der Waals surface area contributed by atoms with E-state index in [2.05, 4.69) is 19.2 Å². The first-order valence-electron chi connectivity index (χ1n) is 8.20. The van der Waals surface area contributed by atoms with Crippen molar-refractivity contribution in [2.45, 2.75) is 39.2 Å². The minimum atomic E-state index is -0.919. The first kappa shape index (κ1) is 18.6. The molecule has 5 heteroatoms. The lowest BCUT2D eigenvalue weighted by Gasteiger charge is -2.14. The van der Waals surface area contributed by atoms with E-state index in [1.165, 1.54) is 36.8 Å². The average Bonchev–Trinajstić information content (AvgIpc) is 2.57. The normalized spacial score (nSPS) is 11.9. The van der Waals surface area contributed by atoms with Crippen molar-refractivity contribution in [3.8, 4) is 0 Å². The van der Waals surface area contributed by atoms with Crippen LogP contribution in [0.15, 0.2) is 48.5 Å². The molecule has 0 bridgehead atoms. The second kappa shape index (κ2) is 8.42. The molecule has 1 N–H and O–H groups in total. The smallest absolute Gasteiger partial charge is 0.311 e. The van der Waals surface area contributed by atoms with Crippen molar-refractivity contribution in [2.75, 3.05) is 5.32 Å². The maximum Gasteiger partial charge on any atom is 0.311 e. The zero-order valence-corrected chi connectivity index (χ0v) is 14.6. The van der Waals surface area contributed by atoms with Gasteiger partial charge in [-0.15, -0.1) is 0 Å². The highest BCUT2D eigenvalue weighted by atomic mass is 19.1. The van der Waals surface area contributed by atoms with E-state index in [1.54, 1.807) is 0 Å². The Kier molecular flexibility index (Phi) is 6.28. The van der Waals surface area contributed by atoms with Crippen LogP contribution in [0.2, 0.25) is 0 Å². The Labute approximate surface area is 147 Å². The average molecular weight is 343 g/mol. The molecule has 0 heterocycles. The van der Waals surface area contributed by atoms with Gasteiger partial charge in [-0.1, -0.05) is 38.1 Å². The molecule has 0 spiro atoms. The summed E-state index contributed by atoms with van der Waals surface area (Å²) < 4.78 is 18.0. The number of amides is 1. The van der Waals surface area contributed by atoms with Gasteiger partial charge in [0.15, 0.2) is 6.10 Å². The predicted octanol–water partition coefficient (Wildman–Crippen LogP) is 4.06. The van der Waals surface area contributed by atoms with Gasteiger partial charge in [0.05, 0.1) is 6.42 Å². The zero-order valence-electron chi connectivity index (χ0n) is 14.6. The van der Waals surface area contributed by atoms with Crippen LogP contribution in [-0.4, -0.2) is 18.0 Å². The summed E-state index contributed by atoms with van der Waals surface area (Å²) in [6.07, 6.45) is -0.932. The van der Waals surface area contributed by atoms with E-state index in [9.17, 15) is 14.0 Å². The standard InChI is InChI=1S/C20H22FNO3/c1-13(2)16-6-10-18(11-7-16)22-20(24)14(3)25-19(23)12-15-4-8-17(21)9-5-15/h4-11,13-14H,12H2,1-3H3,(H,22,24)/t14-/m1/s1. The highest BCUT2D eigenvalue weighted by molar-refractivity contribution is 5.95. The molecule has 4 nitrogen and oxygen atoms in total. The SMILES string of the molecule is CC(C)c1ccc(NC(=O)[C@@H](C)OC(=O)Cc2ccc(F)cc2)cc1. The summed E-state index contributed by atoms with van der Waals surface area (Å²) in [5.41, 5.74) is 2.45. The number of nitrogens with one attached hydrogen (secondary N) is 1. The molecular formula is C20H22FNO3. The number of hydrogen-bond donors (Lipinski definition) is 1. The van der Waals surface area contributed by atoms with Crippen LogP contribution in [0, 0.1) is 5.82 Å². The van der Waals surface area contributed by atoms with E-state index >= 15 is 0 Å². The molecule has 1 amide bonds. The van der Waals surface area contributed by atoms with E-state index in [-0.39, 0.29) is 12.2 Å². The van der Waals surface area contributed by atoms with Gasteiger partial charge >= 0.3 is 5.97 Å². The molecule has 0 unspecified atom stereocenters. The van der Waals surface area contributed by atoms with E-state index in [0.29, 0.717) is 17.2 Å². The van der Waals surface area contributed by atoms with Gasteiger partial charge < -0.3 is 10.1 Å². The van der Waals surface area contributed by atoms with Crippen LogP contribution in [0.4, 0.5) is 10.1 Å². The quantitative estimate of drug-likeness (QED) is 0.805. The Hall–Kier alpha value is -2.69. The van der Waals surface area contributed by atoms with Crippen molar-refractivity contribution >= 4 is 17.6 Å². The second-order valence-corrected chi connectivity index (χ2v) is 6.20. The van der Waals surface area contributed by atoms with Crippen LogP contribution in [0.5, 0.6) is 0 Å². The first-order valence-corrected chi connectivity index (χ1v) is 8.20. The van der Waals surface area contributed by atoms with Gasteiger partial charge in [0.2, 0.25) is 0 Å². The Morgan fingerprint density at radius 2 is 1.60 bits per heavy atom. The molecule has 0 fully saturated rings. The summed E-state index contributed by atoms with van der Waals surface area (Å²) in [7, 11) is 0. The largest absolute Gasteiger partial charge is 0.452 e. The third-order valence-electron chi connectivity index (χ3n) is 3.78. The fraction of sp³-hybridized carbons (Fsp3) is 0.300. The van der Waals surface area contributed by atoms with Gasteiger partial charge in [-0.05, 0) is 48.2 Å². The third-order valence-corrected chi connectivity index (χ3v) is 3.78. The minimum Gasteiger partial charge on any atom is -0.452 e. The Bertz CT molecular complexity index is 724. The van der Waals surface area contributed by atoms with Gasteiger partial charge in [0, 0.05) is 5.69 Å². The summed E-state index contributed by atoms with van der Waals surface area (Å²) in [4.78, 5) is 24.0. The molecule has 2 aromatic carbocycles. The third kappa shape index (κ3) is 5.71. The number of carbonyl (C=O) groups excluding carboxylic acids is 2. The Morgan fingerprint density at radius 3 is 2.16 bits per heavy atom. The summed E-state index contributed by atoms with van der Waals surface area (Å²) in [5, 5.41) is 2.72. The summed E-state index contributed by atoms with van der Waals surface area (Å²) in [6.45, 7) is 5.70. The van der Waals surface area contributed by atoms with Crippen molar-refractivity contribution in [2.24, 2.45) is 0 Å². The van der Waals surface area contributed by atoms with Crippen molar-refractivity contribution in [3.63, 3.8) is 0 Å². The van der Waals surface area contributed by atoms with E-state index in [4.69, 9.17) is 4.74 Å². The number of esters is 1. The number of benzene rings is 2. The van der Waals surface area contributed by atoms with Crippen molar-refractivity contribution in [1.82, 2.24) is 0 Å². The Morgan fingerprint density at radius 1 is 1.00 bits per heavy atom. The molecule has 2 rings (SSSR count). The zero-order chi connectivity index (χ0) is 18.4. The molecule has 0 aliphatic heterocycles. The first-order chi connectivity index (χ1) is 11.8. The van der Waals surface area contributed by atoms with E-state index < -0.39 is 18.0 Å². The predicted molar refractivity (Wildman–Crippen MR) is 94.8 cm³/mol. The Balaban J connectivity index is 1.86. The number of rotatable bonds is 6. The molecular weight excluding hydrogens is 321 g/mol. The molecule has 0 saturated carbocycles. The minimum absolute atomic E-state index is 0.0129. The summed E-state index contributed by atoms with van der Waals surface area (Å²) >= 11 is 0. The topological polar surface area (TPSA) is 55.4 Å². The number of halogens is 1. The van der Waals surface area contributed by atoms with Gasteiger partial charge in [-0.25, -0.2) is 4.39 Å². The number of anilines is 1. The van der Waals surface area contributed by atoms with Crippen LogP contribution in [-0.2, 0) is 20.7 Å². The molecule has 0 aliphatic rings. The van der Waals surface area contributed by atoms with Crippen LogP contribution in [0.3, 0.4) is 0 Å². The van der Waals surface area contributed by atoms with Crippen molar-refractivity contribution < 1.29 is 18.7 Å². The fourth-order valence-electron chi connectivity index (χ4n) is 2.26. The maximum atomic E-state index is 12.8. The lowest BCUT2D eigenvalue weighted by molar-refractivity contribution is -0.152. The monoisotopic (exact) mass is 343 g/mol. The van der Waals surface area contributed by atoms with Gasteiger partial charge in [0.1, 0.15) is 5.82 Å². The number of hydrogen-bond acceptors (Lipinski definition) is 3. The number of ether oxygens (including phenoxy) is 1. The van der Waals surface area contributed by atoms with E-state index in [1.807, 2.05) is 24.3 Å². The fourth-order valence-corrected chi connectivity index (χ4v) is 2.26. The molecule has 0 radical (unpaired) electrons. The second-order valence-electron chi connectivity index (χ2n) is 6.20. The number of carbonyl (C=O) groups is 2. The van der Waals surface area contributed by atoms with Crippen LogP contribution in [0.1, 0.15) is 37.8 Å². The highest BCUT2D eigenvalue weighted by Gasteiger charge is 2.18. The van der Waals surface area contributed by atoms with Crippen molar-refractivity contribution in [1.29, 1.82) is 0 Å². The van der Waals surface area contributed by atoms with Gasteiger partial charge in [-0.3, -0.25) is 9.59 Å². The lowest BCUT2D eigenvalue weighted by atomic mass is 10.0.